The van der Waals surface area contributed by atoms with Crippen molar-refractivity contribution < 1.29 is 29.4 Å². The van der Waals surface area contributed by atoms with Gasteiger partial charge in [0, 0.05) is 12.8 Å². The van der Waals surface area contributed by atoms with Gasteiger partial charge in [-0.3, -0.25) is 9.59 Å². The Morgan fingerprint density at radius 3 is 1.25 bits per heavy atom. The number of halogens is 2. The molecule has 0 aromatic carbocycles. The molecule has 8 nitrogen and oxygen atoms in total. The maximum atomic E-state index is 9.85. The van der Waals surface area contributed by atoms with Crippen LogP contribution in [0.2, 0.25) is 0 Å². The first-order valence-corrected chi connectivity index (χ1v) is 5.18. The lowest BCUT2D eigenvalue weighted by Gasteiger charge is -1.97. The van der Waals surface area contributed by atoms with Crippen LogP contribution in [0.3, 0.4) is 0 Å². The molecule has 120 valence electrons. The maximum Gasteiger partial charge on any atom is 0.303 e. The molecule has 0 saturated carbocycles. The van der Waals surface area contributed by atoms with Crippen LogP contribution < -0.4 is 11.5 Å². The fraction of sp³-hybridized carbons (Fsp3) is 0.600. The lowest BCUT2D eigenvalue weighted by Crippen LogP contribution is -2.22. The largest absolute Gasteiger partial charge is 0.481 e. The van der Waals surface area contributed by atoms with Gasteiger partial charge in [0.2, 0.25) is 0 Å². The maximum absolute atomic E-state index is 9.85. The van der Waals surface area contributed by atoms with E-state index in [0.29, 0.717) is 12.6 Å². The second-order valence-electron chi connectivity index (χ2n) is 3.46. The third-order valence-corrected chi connectivity index (χ3v) is 1.73. The van der Waals surface area contributed by atoms with E-state index >= 15 is 0 Å². The molecule has 0 rings (SSSR count). The molecule has 2 atom stereocenters. The van der Waals surface area contributed by atoms with Gasteiger partial charge in [-0.25, -0.2) is 0 Å². The Morgan fingerprint density at radius 2 is 1.10 bits per heavy atom. The van der Waals surface area contributed by atoms with E-state index in [1.165, 1.54) is 0 Å². The third-order valence-electron chi connectivity index (χ3n) is 1.73. The van der Waals surface area contributed by atoms with Crippen molar-refractivity contribution in [2.24, 2.45) is 11.5 Å². The molecule has 0 aliphatic rings. The van der Waals surface area contributed by atoms with Crippen LogP contribution in [0.15, 0.2) is 0 Å². The fourth-order valence-corrected chi connectivity index (χ4v) is 0.716. The summed E-state index contributed by atoms with van der Waals surface area (Å²) in [7, 11) is 0. The van der Waals surface area contributed by atoms with E-state index < -0.39 is 24.0 Å². The van der Waals surface area contributed by atoms with Crippen LogP contribution in [-0.4, -0.2) is 46.8 Å². The molecule has 0 aliphatic carbocycles. The van der Waals surface area contributed by atoms with E-state index in [-0.39, 0.29) is 50.5 Å². The number of aliphatic carboxylic acids is 2. The Hall–Kier alpha value is -1.22. The Morgan fingerprint density at radius 1 is 0.850 bits per heavy atom. The summed E-state index contributed by atoms with van der Waals surface area (Å²) in [6.07, 6.45) is 1.45. The topological polar surface area (TPSA) is 161 Å². The summed E-state index contributed by atoms with van der Waals surface area (Å²) in [5, 5.41) is 16.2. The highest BCUT2D eigenvalue weighted by Gasteiger charge is 2.03. The molecule has 20 heavy (non-hydrogen) atoms. The van der Waals surface area contributed by atoms with Gasteiger partial charge < -0.3 is 31.3 Å². The van der Waals surface area contributed by atoms with Crippen LogP contribution in [0.1, 0.15) is 25.7 Å². The molecule has 0 amide bonds. The molecular weight excluding hydrogens is 315 g/mol. The van der Waals surface area contributed by atoms with Crippen LogP contribution in [0.4, 0.5) is 0 Å². The molecule has 2 unspecified atom stereocenters. The number of hydrogen-bond donors (Lipinski definition) is 4. The lowest BCUT2D eigenvalue weighted by atomic mass is 10.2. The van der Waals surface area contributed by atoms with Crippen molar-refractivity contribution in [3.63, 3.8) is 0 Å². The van der Waals surface area contributed by atoms with E-state index in [0.717, 1.165) is 0 Å². The van der Waals surface area contributed by atoms with Gasteiger partial charge in [0.05, 0.1) is 12.1 Å². The number of carbonyl (C=O) groups is 4. The summed E-state index contributed by atoms with van der Waals surface area (Å²) in [4.78, 5) is 39.3. The minimum atomic E-state index is -0.924. The Bertz CT molecular complexity index is 263. The normalized spacial score (nSPS) is 11.3. The SMILES string of the molecule is Cl.Cl.NC(C=O)CCC(=O)O.NC(C=O)CCC(=O)O. The summed E-state index contributed by atoms with van der Waals surface area (Å²) in [6, 6.07) is -1.25. The average molecular weight is 335 g/mol. The molecule has 0 fully saturated rings. The van der Waals surface area contributed by atoms with Crippen molar-refractivity contribution in [2.75, 3.05) is 0 Å². The van der Waals surface area contributed by atoms with Crippen molar-refractivity contribution in [2.45, 2.75) is 37.8 Å². The minimum absolute atomic E-state index is 0. The van der Waals surface area contributed by atoms with Gasteiger partial charge in [0.1, 0.15) is 12.6 Å². The third kappa shape index (κ3) is 25.6. The van der Waals surface area contributed by atoms with Crippen molar-refractivity contribution >= 4 is 49.3 Å². The number of aldehydes is 2. The average Bonchev–Trinajstić information content (AvgIpc) is 2.33. The molecule has 0 saturated heterocycles. The highest BCUT2D eigenvalue weighted by molar-refractivity contribution is 5.85. The first-order chi connectivity index (χ1) is 8.33. The summed E-state index contributed by atoms with van der Waals surface area (Å²) in [5.74, 6) is -1.85. The number of nitrogens with two attached hydrogens (primary N) is 2. The first kappa shape index (κ1) is 27.2. The standard InChI is InChI=1S/2C5H9NO3.2ClH/c2*6-4(3-7)1-2-5(8)9;;/h2*3-4H,1-2,6H2,(H,8,9);2*1H. The zero-order valence-electron chi connectivity index (χ0n) is 10.6. The van der Waals surface area contributed by atoms with Crippen molar-refractivity contribution in [3.05, 3.63) is 0 Å². The predicted molar refractivity (Wildman–Crippen MR) is 76.3 cm³/mol. The summed E-state index contributed by atoms with van der Waals surface area (Å²) >= 11 is 0. The molecule has 0 spiro atoms. The number of carbonyl (C=O) groups excluding carboxylic acids is 2. The highest BCUT2D eigenvalue weighted by atomic mass is 35.5. The van der Waals surface area contributed by atoms with Gasteiger partial charge in [-0.2, -0.15) is 0 Å². The van der Waals surface area contributed by atoms with Crippen LogP contribution >= 0.6 is 24.8 Å². The second kappa shape index (κ2) is 17.8. The molecule has 0 radical (unpaired) electrons. The number of rotatable bonds is 8. The van der Waals surface area contributed by atoms with Crippen molar-refractivity contribution in [3.8, 4) is 0 Å². The van der Waals surface area contributed by atoms with E-state index in [9.17, 15) is 19.2 Å². The molecule has 10 heteroatoms. The second-order valence-corrected chi connectivity index (χ2v) is 3.46. The molecule has 0 aromatic heterocycles. The van der Waals surface area contributed by atoms with Gasteiger partial charge >= 0.3 is 11.9 Å². The zero-order chi connectivity index (χ0) is 14.6. The Kier molecular flexibility index (Phi) is 24.2. The molecule has 0 aliphatic heterocycles. The van der Waals surface area contributed by atoms with Gasteiger partial charge in [0.15, 0.2) is 0 Å². The van der Waals surface area contributed by atoms with Gasteiger partial charge in [-0.15, -0.1) is 24.8 Å². The fourth-order valence-electron chi connectivity index (χ4n) is 0.716. The first-order valence-electron chi connectivity index (χ1n) is 5.18. The highest BCUT2D eigenvalue weighted by Crippen LogP contribution is 1.90. The summed E-state index contributed by atoms with van der Waals surface area (Å²) in [6.45, 7) is 0. The van der Waals surface area contributed by atoms with Gasteiger partial charge in [-0.05, 0) is 12.8 Å². The van der Waals surface area contributed by atoms with Crippen LogP contribution in [-0.2, 0) is 19.2 Å². The minimum Gasteiger partial charge on any atom is -0.481 e. The van der Waals surface area contributed by atoms with E-state index in [1.54, 1.807) is 0 Å². The van der Waals surface area contributed by atoms with E-state index in [4.69, 9.17) is 21.7 Å². The van der Waals surface area contributed by atoms with Crippen LogP contribution in [0, 0.1) is 0 Å². The lowest BCUT2D eigenvalue weighted by molar-refractivity contribution is -0.138. The number of hydrogen-bond acceptors (Lipinski definition) is 6. The molecule has 6 N–H and O–H groups in total. The van der Waals surface area contributed by atoms with Crippen molar-refractivity contribution in [1.82, 2.24) is 0 Å². The zero-order valence-corrected chi connectivity index (χ0v) is 12.3. The predicted octanol–water partition coefficient (Wildman–Crippen LogP) is -0.402. The monoisotopic (exact) mass is 334 g/mol. The van der Waals surface area contributed by atoms with Crippen LogP contribution in [0.5, 0.6) is 0 Å². The summed E-state index contributed by atoms with van der Waals surface area (Å²) in [5.41, 5.74) is 10.2. The van der Waals surface area contributed by atoms with E-state index in [1.807, 2.05) is 0 Å². The molecular formula is C10H20Cl2N2O6. The quantitative estimate of drug-likeness (QED) is 0.436. The number of carboxylic acids is 2. The molecule has 0 bridgehead atoms. The molecule has 0 aromatic rings. The summed E-state index contributed by atoms with van der Waals surface area (Å²) < 4.78 is 0. The van der Waals surface area contributed by atoms with Gasteiger partial charge in [-0.1, -0.05) is 0 Å². The number of carboxylic acid groups (broad SMARTS) is 2. The smallest absolute Gasteiger partial charge is 0.303 e. The Balaban J connectivity index is -0.000000116. The van der Waals surface area contributed by atoms with Crippen LogP contribution in [0.25, 0.3) is 0 Å². The van der Waals surface area contributed by atoms with Crippen molar-refractivity contribution in [1.29, 1.82) is 0 Å². The van der Waals surface area contributed by atoms with E-state index in [2.05, 4.69) is 0 Å². The van der Waals surface area contributed by atoms with Gasteiger partial charge in [0.25, 0.3) is 0 Å². The molecule has 0 heterocycles. The Labute approximate surface area is 128 Å².